The Morgan fingerprint density at radius 2 is 1.50 bits per heavy atom. The first-order valence-corrected chi connectivity index (χ1v) is 6.88. The summed E-state index contributed by atoms with van der Waals surface area (Å²) < 4.78 is 0. The van der Waals surface area contributed by atoms with Crippen molar-refractivity contribution in [3.05, 3.63) is 64.7 Å². The molecular formula is C16H12ClNO2. The summed E-state index contributed by atoms with van der Waals surface area (Å²) in [6.07, 6.45) is 0. The Bertz CT molecular complexity index is 709. The van der Waals surface area contributed by atoms with Crippen LogP contribution in [0, 0.1) is 0 Å². The number of fused-ring (bicyclic) bond motifs is 2. The number of rotatable bonds is 3. The van der Waals surface area contributed by atoms with E-state index in [2.05, 4.69) is 5.32 Å². The van der Waals surface area contributed by atoms with Crippen molar-refractivity contribution in [2.75, 3.05) is 17.7 Å². The van der Waals surface area contributed by atoms with Gasteiger partial charge in [-0.1, -0.05) is 36.4 Å². The third-order valence-electron chi connectivity index (χ3n) is 3.36. The van der Waals surface area contributed by atoms with Crippen LogP contribution >= 0.6 is 11.6 Å². The highest BCUT2D eigenvalue weighted by atomic mass is 35.5. The van der Waals surface area contributed by atoms with E-state index in [1.807, 2.05) is 0 Å². The highest BCUT2D eigenvalue weighted by Crippen LogP contribution is 2.31. The Balaban J connectivity index is 2.18. The van der Waals surface area contributed by atoms with Crippen LogP contribution in [0.3, 0.4) is 0 Å². The second-order valence-corrected chi connectivity index (χ2v) is 4.93. The van der Waals surface area contributed by atoms with Crippen LogP contribution in [0.5, 0.6) is 0 Å². The molecule has 4 heteroatoms. The quantitative estimate of drug-likeness (QED) is 0.752. The summed E-state index contributed by atoms with van der Waals surface area (Å²) >= 11 is 5.67. The molecule has 0 amide bonds. The van der Waals surface area contributed by atoms with E-state index in [1.165, 1.54) is 0 Å². The van der Waals surface area contributed by atoms with Gasteiger partial charge in [0.05, 0.1) is 5.56 Å². The lowest BCUT2D eigenvalue weighted by Gasteiger charge is -2.20. The molecule has 0 radical (unpaired) electrons. The molecule has 0 fully saturated rings. The molecule has 1 aliphatic carbocycles. The standard InChI is InChI=1S/C16H12ClNO2/c17-8-9-18-13-7-3-6-12-14(13)16(20)11-5-2-1-4-10(11)15(12)19/h1-7,18H,8-9H2. The summed E-state index contributed by atoms with van der Waals surface area (Å²) in [5, 5.41) is 3.10. The molecular weight excluding hydrogens is 274 g/mol. The largest absolute Gasteiger partial charge is 0.383 e. The van der Waals surface area contributed by atoms with E-state index in [1.54, 1.807) is 42.5 Å². The zero-order valence-electron chi connectivity index (χ0n) is 10.7. The molecule has 2 aromatic rings. The van der Waals surface area contributed by atoms with Crippen LogP contribution in [-0.2, 0) is 0 Å². The van der Waals surface area contributed by atoms with E-state index in [0.717, 1.165) is 0 Å². The molecule has 3 nitrogen and oxygen atoms in total. The van der Waals surface area contributed by atoms with Gasteiger partial charge in [-0.3, -0.25) is 9.59 Å². The number of carbonyl (C=O) groups excluding carboxylic acids is 2. The molecule has 0 heterocycles. The van der Waals surface area contributed by atoms with Gasteiger partial charge < -0.3 is 5.32 Å². The van der Waals surface area contributed by atoms with Crippen molar-refractivity contribution in [1.29, 1.82) is 0 Å². The number of hydrogen-bond donors (Lipinski definition) is 1. The first-order valence-electron chi connectivity index (χ1n) is 6.35. The molecule has 1 N–H and O–H groups in total. The molecule has 0 saturated heterocycles. The van der Waals surface area contributed by atoms with E-state index in [-0.39, 0.29) is 11.6 Å². The molecule has 1 aliphatic rings. The van der Waals surface area contributed by atoms with Gasteiger partial charge >= 0.3 is 0 Å². The fourth-order valence-electron chi connectivity index (χ4n) is 2.47. The highest BCUT2D eigenvalue weighted by molar-refractivity contribution is 6.30. The summed E-state index contributed by atoms with van der Waals surface area (Å²) in [6.45, 7) is 0.543. The third-order valence-corrected chi connectivity index (χ3v) is 3.55. The zero-order valence-corrected chi connectivity index (χ0v) is 11.4. The van der Waals surface area contributed by atoms with Crippen LogP contribution in [0.1, 0.15) is 31.8 Å². The Morgan fingerprint density at radius 3 is 2.20 bits per heavy atom. The Kier molecular flexibility index (Phi) is 3.28. The number of ketones is 2. The fourth-order valence-corrected chi connectivity index (χ4v) is 2.57. The van der Waals surface area contributed by atoms with Crippen molar-refractivity contribution < 1.29 is 9.59 Å². The summed E-state index contributed by atoms with van der Waals surface area (Å²) in [4.78, 5) is 25.1. The van der Waals surface area contributed by atoms with Gasteiger partial charge in [0.15, 0.2) is 11.6 Å². The van der Waals surface area contributed by atoms with Crippen molar-refractivity contribution in [2.45, 2.75) is 0 Å². The van der Waals surface area contributed by atoms with Crippen LogP contribution < -0.4 is 5.32 Å². The van der Waals surface area contributed by atoms with Gasteiger partial charge in [-0.05, 0) is 6.07 Å². The smallest absolute Gasteiger partial charge is 0.196 e. The van der Waals surface area contributed by atoms with Crippen molar-refractivity contribution in [3.63, 3.8) is 0 Å². The number of alkyl halides is 1. The van der Waals surface area contributed by atoms with Gasteiger partial charge in [-0.25, -0.2) is 0 Å². The molecule has 0 saturated carbocycles. The van der Waals surface area contributed by atoms with Crippen LogP contribution in [0.4, 0.5) is 5.69 Å². The van der Waals surface area contributed by atoms with Crippen molar-refractivity contribution in [2.24, 2.45) is 0 Å². The van der Waals surface area contributed by atoms with Crippen molar-refractivity contribution in [1.82, 2.24) is 0 Å². The monoisotopic (exact) mass is 285 g/mol. The first-order chi connectivity index (χ1) is 9.74. The third kappa shape index (κ3) is 1.91. The number of anilines is 1. The second kappa shape index (κ2) is 5.10. The van der Waals surface area contributed by atoms with Crippen LogP contribution in [0.15, 0.2) is 42.5 Å². The minimum Gasteiger partial charge on any atom is -0.383 e. The molecule has 0 atom stereocenters. The van der Waals surface area contributed by atoms with Gasteiger partial charge in [0.2, 0.25) is 0 Å². The highest BCUT2D eigenvalue weighted by Gasteiger charge is 2.30. The molecule has 0 unspecified atom stereocenters. The first kappa shape index (κ1) is 12.9. The number of benzene rings is 2. The number of nitrogens with one attached hydrogen (secondary N) is 1. The maximum Gasteiger partial charge on any atom is 0.196 e. The molecule has 20 heavy (non-hydrogen) atoms. The minimum absolute atomic E-state index is 0.107. The van der Waals surface area contributed by atoms with Crippen molar-refractivity contribution >= 4 is 28.9 Å². The summed E-state index contributed by atoms with van der Waals surface area (Å²) in [5.41, 5.74) is 2.50. The van der Waals surface area contributed by atoms with E-state index >= 15 is 0 Å². The molecule has 2 aromatic carbocycles. The Labute approximate surface area is 121 Å². The second-order valence-electron chi connectivity index (χ2n) is 4.55. The summed E-state index contributed by atoms with van der Waals surface area (Å²) in [6, 6.07) is 12.2. The number of halogens is 1. The Morgan fingerprint density at radius 1 is 0.850 bits per heavy atom. The topological polar surface area (TPSA) is 46.2 Å². The minimum atomic E-state index is -0.118. The summed E-state index contributed by atoms with van der Waals surface area (Å²) in [7, 11) is 0. The van der Waals surface area contributed by atoms with Crippen molar-refractivity contribution in [3.8, 4) is 0 Å². The van der Waals surface area contributed by atoms with Gasteiger partial charge in [-0.15, -0.1) is 11.6 Å². The average molecular weight is 286 g/mol. The fraction of sp³-hybridized carbons (Fsp3) is 0.125. The van der Waals surface area contributed by atoms with Crippen LogP contribution in [0.25, 0.3) is 0 Å². The van der Waals surface area contributed by atoms with Gasteiger partial charge in [0.1, 0.15) is 0 Å². The lowest BCUT2D eigenvalue weighted by molar-refractivity contribution is 0.0979. The van der Waals surface area contributed by atoms with Gasteiger partial charge in [-0.2, -0.15) is 0 Å². The molecule has 0 spiro atoms. The predicted molar refractivity (Wildman–Crippen MR) is 79.0 cm³/mol. The van der Waals surface area contributed by atoms with E-state index in [9.17, 15) is 9.59 Å². The molecule has 3 rings (SSSR count). The lowest BCUT2D eigenvalue weighted by atomic mass is 9.83. The molecule has 100 valence electrons. The van der Waals surface area contributed by atoms with Gasteiger partial charge in [0, 0.05) is 34.8 Å². The van der Waals surface area contributed by atoms with Crippen LogP contribution in [0.2, 0.25) is 0 Å². The van der Waals surface area contributed by atoms with Crippen LogP contribution in [-0.4, -0.2) is 24.0 Å². The maximum atomic E-state index is 12.6. The SMILES string of the molecule is O=C1c2ccccc2C(=O)c2c(NCCCl)cccc21. The summed E-state index contributed by atoms with van der Waals surface area (Å²) in [5.74, 6) is 0.208. The van der Waals surface area contributed by atoms with E-state index in [4.69, 9.17) is 11.6 Å². The number of hydrogen-bond acceptors (Lipinski definition) is 3. The van der Waals surface area contributed by atoms with Gasteiger partial charge in [0.25, 0.3) is 0 Å². The van der Waals surface area contributed by atoms with E-state index < -0.39 is 0 Å². The lowest BCUT2D eigenvalue weighted by Crippen LogP contribution is -2.22. The maximum absolute atomic E-state index is 12.6. The molecule has 0 aliphatic heterocycles. The number of carbonyl (C=O) groups is 2. The molecule has 0 aromatic heterocycles. The predicted octanol–water partition coefficient (Wildman–Crippen LogP) is 3.11. The molecule has 0 bridgehead atoms. The average Bonchev–Trinajstić information content (AvgIpc) is 2.50. The normalized spacial score (nSPS) is 12.8. The van der Waals surface area contributed by atoms with E-state index in [0.29, 0.717) is 40.4 Å². The zero-order chi connectivity index (χ0) is 14.1. The Hall–Kier alpha value is -2.13.